The van der Waals surface area contributed by atoms with Gasteiger partial charge in [0.2, 0.25) is 0 Å². The van der Waals surface area contributed by atoms with Gasteiger partial charge in [-0.25, -0.2) is 5.26 Å². The number of nitrogens with zero attached hydrogens (tertiary/aromatic N) is 3. The number of rotatable bonds is 0. The maximum Gasteiger partial charge on any atom is 0.0574 e. The molecule has 2 aromatic rings. The second kappa shape index (κ2) is 4.04. The number of fused-ring (bicyclic) bond motifs is 1. The molecule has 2 rings (SSSR count). The van der Waals surface area contributed by atoms with E-state index in [0.717, 1.165) is 10.8 Å². The summed E-state index contributed by atoms with van der Waals surface area (Å²) in [7, 11) is 0. The Morgan fingerprint density at radius 3 is 1.75 bits per heavy atom. The van der Waals surface area contributed by atoms with Crippen LogP contribution in [0.1, 0.15) is 0 Å². The van der Waals surface area contributed by atoms with Crippen LogP contribution >= 0.6 is 0 Å². The van der Waals surface area contributed by atoms with Gasteiger partial charge in [0.05, 0.1) is 12.4 Å². The quantitative estimate of drug-likeness (QED) is 0.585. The van der Waals surface area contributed by atoms with Crippen molar-refractivity contribution in [2.75, 3.05) is 0 Å². The van der Waals surface area contributed by atoms with E-state index in [2.05, 4.69) is 16.8 Å². The number of hydrogen-bond acceptors (Lipinski definition) is 3. The standard InChI is InChI=1S/C8H6N2.CHN/c1-2-4-8-6-10-9-5-7(8)3-1;1-2/h1-6H;1H. The minimum atomic E-state index is 1.14. The summed E-state index contributed by atoms with van der Waals surface area (Å²) in [6.07, 6.45) is 3.52. The third-order valence-corrected chi connectivity index (χ3v) is 1.46. The van der Waals surface area contributed by atoms with Gasteiger partial charge < -0.3 is 0 Å². The Morgan fingerprint density at radius 1 is 0.917 bits per heavy atom. The highest BCUT2D eigenvalue weighted by Crippen LogP contribution is 2.08. The summed E-state index contributed by atoms with van der Waals surface area (Å²) in [6.45, 7) is 3.50. The SMILES string of the molecule is C#N.c1ccc2cnncc2c1. The molecular weight excluding hydrogens is 150 g/mol. The Bertz CT molecular complexity index is 316. The number of benzene rings is 1. The number of aromatic nitrogens is 2. The average Bonchev–Trinajstić information content (AvgIpc) is 2.21. The van der Waals surface area contributed by atoms with E-state index >= 15 is 0 Å². The lowest BCUT2D eigenvalue weighted by atomic mass is 10.2. The first-order chi connectivity index (χ1) is 5.97. The van der Waals surface area contributed by atoms with E-state index in [9.17, 15) is 0 Å². The van der Waals surface area contributed by atoms with Gasteiger partial charge >= 0.3 is 0 Å². The van der Waals surface area contributed by atoms with Gasteiger partial charge in [-0.1, -0.05) is 24.3 Å². The van der Waals surface area contributed by atoms with Crippen LogP contribution in [0, 0.1) is 11.8 Å². The van der Waals surface area contributed by atoms with Crippen molar-refractivity contribution in [2.45, 2.75) is 0 Å². The predicted octanol–water partition coefficient (Wildman–Crippen LogP) is 1.77. The molecule has 0 unspecified atom stereocenters. The van der Waals surface area contributed by atoms with Crippen LogP contribution < -0.4 is 0 Å². The fourth-order valence-electron chi connectivity index (χ4n) is 0.937. The van der Waals surface area contributed by atoms with E-state index in [1.165, 1.54) is 0 Å². The average molecular weight is 157 g/mol. The molecule has 0 fully saturated rings. The summed E-state index contributed by atoms with van der Waals surface area (Å²) < 4.78 is 0. The van der Waals surface area contributed by atoms with Crippen LogP contribution in [-0.4, -0.2) is 10.2 Å². The highest BCUT2D eigenvalue weighted by Gasteiger charge is 1.87. The van der Waals surface area contributed by atoms with Crippen LogP contribution in [-0.2, 0) is 0 Å². The van der Waals surface area contributed by atoms with Crippen molar-refractivity contribution in [1.29, 1.82) is 5.26 Å². The Balaban J connectivity index is 0.000000336. The zero-order valence-electron chi connectivity index (χ0n) is 6.38. The minimum Gasteiger partial charge on any atom is -0.202 e. The van der Waals surface area contributed by atoms with E-state index in [1.807, 2.05) is 24.3 Å². The van der Waals surface area contributed by atoms with Crippen LogP contribution in [0.4, 0.5) is 0 Å². The van der Waals surface area contributed by atoms with Gasteiger partial charge in [-0.05, 0) is 0 Å². The maximum atomic E-state index is 6.50. The summed E-state index contributed by atoms with van der Waals surface area (Å²) in [5.41, 5.74) is 0. The van der Waals surface area contributed by atoms with Gasteiger partial charge in [0.25, 0.3) is 0 Å². The molecule has 0 atom stereocenters. The third kappa shape index (κ3) is 1.55. The fourth-order valence-corrected chi connectivity index (χ4v) is 0.937. The second-order valence-electron chi connectivity index (χ2n) is 2.12. The lowest BCUT2D eigenvalue weighted by molar-refractivity contribution is 1.05. The van der Waals surface area contributed by atoms with Gasteiger partial charge in [0.1, 0.15) is 0 Å². The molecule has 0 N–H and O–H groups in total. The zero-order chi connectivity index (χ0) is 8.81. The largest absolute Gasteiger partial charge is 0.202 e. The normalized spacial score (nSPS) is 8.50. The molecule has 12 heavy (non-hydrogen) atoms. The molecule has 1 aromatic carbocycles. The lowest BCUT2D eigenvalue weighted by Crippen LogP contribution is -1.77. The first-order valence-corrected chi connectivity index (χ1v) is 3.38. The highest BCUT2D eigenvalue weighted by atomic mass is 15.1. The van der Waals surface area contributed by atoms with Crippen molar-refractivity contribution in [2.24, 2.45) is 0 Å². The van der Waals surface area contributed by atoms with Crippen molar-refractivity contribution in [1.82, 2.24) is 10.2 Å². The van der Waals surface area contributed by atoms with Crippen molar-refractivity contribution in [3.8, 4) is 6.57 Å². The molecule has 1 aromatic heterocycles. The van der Waals surface area contributed by atoms with E-state index in [1.54, 1.807) is 12.4 Å². The molecule has 0 saturated heterocycles. The Kier molecular flexibility index (Phi) is 2.74. The monoisotopic (exact) mass is 157 g/mol. The van der Waals surface area contributed by atoms with Crippen molar-refractivity contribution in [3.63, 3.8) is 0 Å². The third-order valence-electron chi connectivity index (χ3n) is 1.46. The fraction of sp³-hybridized carbons (Fsp3) is 0. The molecule has 0 aliphatic heterocycles. The summed E-state index contributed by atoms with van der Waals surface area (Å²) in [6, 6.07) is 8.02. The molecule has 3 heteroatoms. The zero-order valence-corrected chi connectivity index (χ0v) is 6.38. The van der Waals surface area contributed by atoms with E-state index in [-0.39, 0.29) is 0 Å². The van der Waals surface area contributed by atoms with E-state index < -0.39 is 0 Å². The molecule has 3 nitrogen and oxygen atoms in total. The molecule has 0 bridgehead atoms. The molecule has 0 aliphatic carbocycles. The summed E-state index contributed by atoms with van der Waals surface area (Å²) in [5, 5.41) is 16.3. The lowest BCUT2D eigenvalue weighted by Gasteiger charge is -1.90. The van der Waals surface area contributed by atoms with Gasteiger partial charge in [-0.15, -0.1) is 0 Å². The second-order valence-corrected chi connectivity index (χ2v) is 2.12. The van der Waals surface area contributed by atoms with Gasteiger partial charge in [0.15, 0.2) is 0 Å². The van der Waals surface area contributed by atoms with E-state index in [0.29, 0.717) is 0 Å². The van der Waals surface area contributed by atoms with Crippen LogP contribution in [0.3, 0.4) is 0 Å². The first-order valence-electron chi connectivity index (χ1n) is 3.38. The van der Waals surface area contributed by atoms with Crippen molar-refractivity contribution >= 4 is 10.8 Å². The molecule has 0 aliphatic rings. The van der Waals surface area contributed by atoms with Crippen molar-refractivity contribution < 1.29 is 0 Å². The first kappa shape index (κ1) is 8.15. The topological polar surface area (TPSA) is 49.6 Å². The molecule has 0 spiro atoms. The highest BCUT2D eigenvalue weighted by molar-refractivity contribution is 5.80. The molecule has 1 heterocycles. The molecule has 0 amide bonds. The van der Waals surface area contributed by atoms with Gasteiger partial charge in [-0.2, -0.15) is 10.2 Å². The van der Waals surface area contributed by atoms with Crippen molar-refractivity contribution in [3.05, 3.63) is 36.7 Å². The smallest absolute Gasteiger partial charge is 0.0574 e. The maximum absolute atomic E-state index is 6.50. The molecule has 58 valence electrons. The van der Waals surface area contributed by atoms with Crippen LogP contribution in [0.15, 0.2) is 36.7 Å². The van der Waals surface area contributed by atoms with Crippen LogP contribution in [0.5, 0.6) is 0 Å². The van der Waals surface area contributed by atoms with Crippen LogP contribution in [0.2, 0.25) is 0 Å². The van der Waals surface area contributed by atoms with Gasteiger partial charge in [0, 0.05) is 17.3 Å². The summed E-state index contributed by atoms with van der Waals surface area (Å²) >= 11 is 0. The molecule has 0 saturated carbocycles. The summed E-state index contributed by atoms with van der Waals surface area (Å²) in [4.78, 5) is 0. The Morgan fingerprint density at radius 2 is 1.33 bits per heavy atom. The molecule has 0 radical (unpaired) electrons. The summed E-state index contributed by atoms with van der Waals surface area (Å²) in [5.74, 6) is 0. The predicted molar refractivity (Wildman–Crippen MR) is 46.2 cm³/mol. The van der Waals surface area contributed by atoms with E-state index in [4.69, 9.17) is 5.26 Å². The van der Waals surface area contributed by atoms with Crippen LogP contribution in [0.25, 0.3) is 10.8 Å². The molecular formula is C9H7N3. The number of hydrogen-bond donors (Lipinski definition) is 0. The Labute approximate surface area is 70.3 Å². The van der Waals surface area contributed by atoms with Gasteiger partial charge in [-0.3, -0.25) is 0 Å². The minimum absolute atomic E-state index is 1.14. The Hall–Kier alpha value is -1.95. The number of nitriles is 1.